The highest BCUT2D eigenvalue weighted by atomic mass is 19.1. The third-order valence-corrected chi connectivity index (χ3v) is 5.24. The van der Waals surface area contributed by atoms with Crippen molar-refractivity contribution >= 4 is 0 Å². The molecule has 0 spiro atoms. The Labute approximate surface area is 168 Å². The van der Waals surface area contributed by atoms with Crippen molar-refractivity contribution in [1.29, 1.82) is 0 Å². The zero-order valence-electron chi connectivity index (χ0n) is 17.0. The molecule has 0 radical (unpaired) electrons. The minimum absolute atomic E-state index is 0.139. The van der Waals surface area contributed by atoms with Gasteiger partial charge in [0.25, 0.3) is 0 Å². The number of aromatic nitrogens is 1. The molecular formula is C26H30FN. The van der Waals surface area contributed by atoms with E-state index >= 15 is 0 Å². The van der Waals surface area contributed by atoms with Crippen LogP contribution in [-0.4, -0.2) is 4.98 Å². The van der Waals surface area contributed by atoms with Gasteiger partial charge in [0.2, 0.25) is 0 Å². The molecule has 3 aromatic rings. The van der Waals surface area contributed by atoms with Crippen molar-refractivity contribution in [2.45, 2.75) is 58.8 Å². The molecule has 1 heterocycles. The molecule has 1 aromatic heterocycles. The molecule has 0 aliphatic heterocycles. The van der Waals surface area contributed by atoms with Crippen LogP contribution in [0, 0.1) is 5.82 Å². The second-order valence-electron chi connectivity index (χ2n) is 7.50. The summed E-state index contributed by atoms with van der Waals surface area (Å²) in [5.74, 6) is -0.139. The number of hydrogen-bond acceptors (Lipinski definition) is 1. The zero-order chi connectivity index (χ0) is 19.8. The van der Waals surface area contributed by atoms with Crippen LogP contribution >= 0.6 is 0 Å². The Balaban J connectivity index is 1.71. The maximum atomic E-state index is 14.6. The number of rotatable bonds is 9. The summed E-state index contributed by atoms with van der Waals surface area (Å²) in [4.78, 5) is 4.59. The van der Waals surface area contributed by atoms with Gasteiger partial charge in [0, 0.05) is 17.3 Å². The summed E-state index contributed by atoms with van der Waals surface area (Å²) in [5.41, 5.74) is 5.94. The van der Waals surface area contributed by atoms with Crippen LogP contribution in [0.5, 0.6) is 0 Å². The molecule has 3 rings (SSSR count). The third-order valence-electron chi connectivity index (χ3n) is 5.24. The number of halogens is 1. The van der Waals surface area contributed by atoms with Gasteiger partial charge in [-0.15, -0.1) is 0 Å². The van der Waals surface area contributed by atoms with Crippen molar-refractivity contribution in [1.82, 2.24) is 4.98 Å². The quantitative estimate of drug-likeness (QED) is 0.350. The number of unbranched alkanes of at least 4 members (excludes halogenated alkanes) is 3. The van der Waals surface area contributed by atoms with Gasteiger partial charge in [-0.1, -0.05) is 75.6 Å². The van der Waals surface area contributed by atoms with Gasteiger partial charge in [-0.25, -0.2) is 4.39 Å². The summed E-state index contributed by atoms with van der Waals surface area (Å²) in [5, 5.41) is 0. The lowest BCUT2D eigenvalue weighted by Gasteiger charge is -2.08. The van der Waals surface area contributed by atoms with E-state index in [9.17, 15) is 4.39 Å². The second-order valence-corrected chi connectivity index (χ2v) is 7.50. The van der Waals surface area contributed by atoms with Gasteiger partial charge in [-0.2, -0.15) is 0 Å². The van der Waals surface area contributed by atoms with Crippen LogP contribution < -0.4 is 0 Å². The number of aryl methyl sites for hydroxylation is 2. The van der Waals surface area contributed by atoms with Crippen LogP contribution in [0.15, 0.2) is 60.8 Å². The van der Waals surface area contributed by atoms with Gasteiger partial charge in [0.05, 0.1) is 5.69 Å². The van der Waals surface area contributed by atoms with E-state index in [1.165, 1.54) is 31.2 Å². The molecule has 0 aliphatic carbocycles. The summed E-state index contributed by atoms with van der Waals surface area (Å²) >= 11 is 0. The van der Waals surface area contributed by atoms with Gasteiger partial charge < -0.3 is 0 Å². The number of nitrogens with zero attached hydrogens (tertiary/aromatic N) is 1. The molecule has 0 aliphatic rings. The summed E-state index contributed by atoms with van der Waals surface area (Å²) < 4.78 is 14.6. The Kier molecular flexibility index (Phi) is 7.36. The molecule has 1 nitrogen and oxygen atoms in total. The maximum Gasteiger partial charge on any atom is 0.131 e. The first-order valence-corrected chi connectivity index (χ1v) is 10.6. The van der Waals surface area contributed by atoms with Crippen molar-refractivity contribution in [3.63, 3.8) is 0 Å². The van der Waals surface area contributed by atoms with Crippen molar-refractivity contribution in [3.8, 4) is 22.4 Å². The van der Waals surface area contributed by atoms with Crippen LogP contribution in [0.2, 0.25) is 0 Å². The van der Waals surface area contributed by atoms with Crippen LogP contribution in [0.4, 0.5) is 4.39 Å². The normalized spacial score (nSPS) is 11.0. The van der Waals surface area contributed by atoms with Gasteiger partial charge in [-0.3, -0.25) is 4.98 Å². The topological polar surface area (TPSA) is 12.9 Å². The van der Waals surface area contributed by atoms with Gasteiger partial charge >= 0.3 is 0 Å². The molecule has 2 aromatic carbocycles. The lowest BCUT2D eigenvalue weighted by molar-refractivity contribution is 0.626. The second kappa shape index (κ2) is 10.2. The van der Waals surface area contributed by atoms with Crippen molar-refractivity contribution in [2.75, 3.05) is 0 Å². The van der Waals surface area contributed by atoms with Crippen LogP contribution in [0.1, 0.15) is 57.1 Å². The molecular weight excluding hydrogens is 345 g/mol. The molecule has 0 bridgehead atoms. The molecule has 0 atom stereocenters. The summed E-state index contributed by atoms with van der Waals surface area (Å²) in [7, 11) is 0. The van der Waals surface area contributed by atoms with Gasteiger partial charge in [0.1, 0.15) is 5.82 Å². The molecule has 28 heavy (non-hydrogen) atoms. The largest absolute Gasteiger partial charge is 0.256 e. The molecule has 0 N–H and O–H groups in total. The first kappa shape index (κ1) is 20.3. The predicted octanol–water partition coefficient (Wildman–Crippen LogP) is 7.63. The lowest BCUT2D eigenvalue weighted by atomic mass is 9.99. The number of pyridine rings is 1. The molecule has 0 unspecified atom stereocenters. The van der Waals surface area contributed by atoms with Gasteiger partial charge in [0.15, 0.2) is 0 Å². The Morgan fingerprint density at radius 3 is 2.04 bits per heavy atom. The van der Waals surface area contributed by atoms with Gasteiger partial charge in [-0.05, 0) is 54.5 Å². The fourth-order valence-electron chi connectivity index (χ4n) is 3.47. The Morgan fingerprint density at radius 2 is 1.39 bits per heavy atom. The SMILES string of the molecule is CCCCCc1ccc(-c2ccc(-c3ccc(CCCC)cn3)cc2)c(F)c1. The maximum absolute atomic E-state index is 14.6. The first-order chi connectivity index (χ1) is 13.7. The highest BCUT2D eigenvalue weighted by molar-refractivity contribution is 5.69. The van der Waals surface area contributed by atoms with Crippen LogP contribution in [-0.2, 0) is 12.8 Å². The molecule has 0 fully saturated rings. The van der Waals surface area contributed by atoms with E-state index in [1.807, 2.05) is 36.5 Å². The minimum atomic E-state index is -0.139. The number of hydrogen-bond donors (Lipinski definition) is 0. The van der Waals surface area contributed by atoms with Crippen LogP contribution in [0.25, 0.3) is 22.4 Å². The van der Waals surface area contributed by atoms with E-state index in [0.29, 0.717) is 5.56 Å². The van der Waals surface area contributed by atoms with Crippen molar-refractivity contribution < 1.29 is 4.39 Å². The summed E-state index contributed by atoms with van der Waals surface area (Å²) in [6.45, 7) is 4.38. The summed E-state index contributed by atoms with van der Waals surface area (Å²) in [6.07, 6.45) is 9.88. The lowest BCUT2D eigenvalue weighted by Crippen LogP contribution is -1.91. The fraction of sp³-hybridized carbons (Fsp3) is 0.346. The fourth-order valence-corrected chi connectivity index (χ4v) is 3.47. The first-order valence-electron chi connectivity index (χ1n) is 10.6. The van der Waals surface area contributed by atoms with E-state index < -0.39 is 0 Å². The zero-order valence-corrected chi connectivity index (χ0v) is 17.0. The molecule has 146 valence electrons. The Hall–Kier alpha value is -2.48. The minimum Gasteiger partial charge on any atom is -0.256 e. The third kappa shape index (κ3) is 5.28. The van der Waals surface area contributed by atoms with E-state index in [4.69, 9.17) is 0 Å². The standard InChI is InChI=1S/C26H30FN/c1-3-5-7-9-20-10-16-24(25(27)18-20)22-12-14-23(15-13-22)26-17-11-21(19-28-26)8-6-4-2/h10-19H,3-9H2,1-2H3. The van der Waals surface area contributed by atoms with E-state index in [2.05, 4.69) is 37.0 Å². The Morgan fingerprint density at radius 1 is 0.714 bits per heavy atom. The molecule has 0 saturated carbocycles. The predicted molar refractivity (Wildman–Crippen MR) is 117 cm³/mol. The van der Waals surface area contributed by atoms with E-state index in [0.717, 1.165) is 41.6 Å². The Bertz CT molecular complexity index is 866. The number of benzene rings is 2. The average Bonchev–Trinajstić information content (AvgIpc) is 2.73. The molecule has 0 saturated heterocycles. The van der Waals surface area contributed by atoms with Crippen molar-refractivity contribution in [2.24, 2.45) is 0 Å². The molecule has 2 heteroatoms. The highest BCUT2D eigenvalue weighted by Gasteiger charge is 2.07. The smallest absolute Gasteiger partial charge is 0.131 e. The van der Waals surface area contributed by atoms with E-state index in [1.54, 1.807) is 6.07 Å². The average molecular weight is 376 g/mol. The van der Waals surface area contributed by atoms with Crippen molar-refractivity contribution in [3.05, 3.63) is 77.7 Å². The highest BCUT2D eigenvalue weighted by Crippen LogP contribution is 2.27. The van der Waals surface area contributed by atoms with Crippen LogP contribution in [0.3, 0.4) is 0 Å². The van der Waals surface area contributed by atoms with E-state index in [-0.39, 0.29) is 5.82 Å². The molecule has 0 amide bonds. The summed E-state index contributed by atoms with van der Waals surface area (Å²) in [6, 6.07) is 17.9. The monoisotopic (exact) mass is 375 g/mol.